The van der Waals surface area contributed by atoms with Gasteiger partial charge in [0, 0.05) is 12.0 Å². The second-order valence-electron chi connectivity index (χ2n) is 5.20. The molecule has 0 aromatic heterocycles. The maximum atomic E-state index is 10.1. The van der Waals surface area contributed by atoms with Gasteiger partial charge in [-0.25, -0.2) is 0 Å². The van der Waals surface area contributed by atoms with Gasteiger partial charge >= 0.3 is 0 Å². The van der Waals surface area contributed by atoms with Crippen LogP contribution < -0.4 is 4.74 Å². The van der Waals surface area contributed by atoms with E-state index < -0.39 is 6.10 Å². The van der Waals surface area contributed by atoms with Crippen LogP contribution >= 0.6 is 0 Å². The van der Waals surface area contributed by atoms with E-state index in [1.165, 1.54) is 5.56 Å². The summed E-state index contributed by atoms with van der Waals surface area (Å²) in [6.07, 6.45) is 2.45. The molecule has 2 nitrogen and oxygen atoms in total. The third-order valence-corrected chi connectivity index (χ3v) is 3.04. The molecule has 0 saturated carbocycles. The summed E-state index contributed by atoms with van der Waals surface area (Å²) in [5.41, 5.74) is 1.97. The molecule has 1 atom stereocenters. The van der Waals surface area contributed by atoms with Gasteiger partial charge in [-0.3, -0.25) is 0 Å². The Morgan fingerprint density at radius 3 is 2.88 bits per heavy atom. The van der Waals surface area contributed by atoms with Crippen LogP contribution in [0.25, 0.3) is 0 Å². The van der Waals surface area contributed by atoms with Crippen molar-refractivity contribution < 1.29 is 9.84 Å². The fourth-order valence-electron chi connectivity index (χ4n) is 2.31. The summed E-state index contributed by atoms with van der Waals surface area (Å²) >= 11 is 0. The molecule has 0 amide bonds. The lowest BCUT2D eigenvalue weighted by molar-refractivity contribution is 0.0115. The Hall–Kier alpha value is -1.02. The van der Waals surface area contributed by atoms with E-state index in [-0.39, 0.29) is 5.60 Å². The zero-order chi connectivity index (χ0) is 11.8. The van der Waals surface area contributed by atoms with Crippen LogP contribution in [0, 0.1) is 0 Å². The number of ether oxygens (including phenoxy) is 1. The lowest BCUT2D eigenvalue weighted by atomic mass is 9.90. The van der Waals surface area contributed by atoms with E-state index >= 15 is 0 Å². The van der Waals surface area contributed by atoms with Crippen LogP contribution in [0.1, 0.15) is 50.8 Å². The van der Waals surface area contributed by atoms with Crippen molar-refractivity contribution in [3.05, 3.63) is 29.3 Å². The number of aliphatic hydroxyl groups excluding tert-OH is 1. The van der Waals surface area contributed by atoms with Crippen LogP contribution in [0.5, 0.6) is 5.75 Å². The molecular formula is C14H20O2. The standard InChI is InChI=1S/C14H20O2/c1-4-5-10-6-7-13-11(8-10)12(15)9-14(2,3)16-13/h6-8,12,15H,4-5,9H2,1-3H3. The molecule has 1 aliphatic rings. The molecule has 2 rings (SSSR count). The number of hydrogen-bond acceptors (Lipinski definition) is 2. The maximum absolute atomic E-state index is 10.1. The summed E-state index contributed by atoms with van der Waals surface area (Å²) in [5.74, 6) is 0.837. The molecule has 1 aliphatic heterocycles. The molecule has 2 heteroatoms. The van der Waals surface area contributed by atoms with Crippen LogP contribution in [-0.2, 0) is 6.42 Å². The van der Waals surface area contributed by atoms with Crippen LogP contribution in [0.2, 0.25) is 0 Å². The van der Waals surface area contributed by atoms with Crippen molar-refractivity contribution in [2.24, 2.45) is 0 Å². The Morgan fingerprint density at radius 2 is 2.19 bits per heavy atom. The van der Waals surface area contributed by atoms with E-state index in [2.05, 4.69) is 19.1 Å². The molecule has 1 N–H and O–H groups in total. The number of rotatable bonds is 2. The summed E-state index contributed by atoms with van der Waals surface area (Å²) in [6.45, 7) is 6.19. The molecule has 1 aromatic rings. The van der Waals surface area contributed by atoms with Gasteiger partial charge in [-0.1, -0.05) is 19.4 Å². The first-order chi connectivity index (χ1) is 7.52. The number of aliphatic hydroxyl groups is 1. The van der Waals surface area contributed by atoms with E-state index in [1.807, 2.05) is 19.9 Å². The fourth-order valence-corrected chi connectivity index (χ4v) is 2.31. The van der Waals surface area contributed by atoms with E-state index in [0.717, 1.165) is 24.2 Å². The van der Waals surface area contributed by atoms with E-state index in [0.29, 0.717) is 6.42 Å². The normalized spacial score (nSPS) is 22.4. The zero-order valence-corrected chi connectivity index (χ0v) is 10.3. The molecule has 0 saturated heterocycles. The number of benzene rings is 1. The highest BCUT2D eigenvalue weighted by atomic mass is 16.5. The number of hydrogen-bond donors (Lipinski definition) is 1. The van der Waals surface area contributed by atoms with E-state index in [1.54, 1.807) is 0 Å². The fraction of sp³-hybridized carbons (Fsp3) is 0.571. The van der Waals surface area contributed by atoms with Gasteiger partial charge in [0.2, 0.25) is 0 Å². The van der Waals surface area contributed by atoms with Crippen molar-refractivity contribution in [2.75, 3.05) is 0 Å². The minimum absolute atomic E-state index is 0.265. The van der Waals surface area contributed by atoms with Gasteiger partial charge in [0.05, 0.1) is 6.10 Å². The van der Waals surface area contributed by atoms with Gasteiger partial charge in [-0.05, 0) is 38.0 Å². The summed E-state index contributed by atoms with van der Waals surface area (Å²) in [5, 5.41) is 10.1. The molecule has 0 aliphatic carbocycles. The van der Waals surface area contributed by atoms with Gasteiger partial charge in [0.1, 0.15) is 11.4 Å². The minimum atomic E-state index is -0.393. The van der Waals surface area contributed by atoms with Crippen LogP contribution in [0.4, 0.5) is 0 Å². The maximum Gasteiger partial charge on any atom is 0.125 e. The van der Waals surface area contributed by atoms with E-state index in [4.69, 9.17) is 4.74 Å². The highest BCUT2D eigenvalue weighted by molar-refractivity contribution is 5.41. The van der Waals surface area contributed by atoms with Crippen LogP contribution in [0.3, 0.4) is 0 Å². The molecule has 16 heavy (non-hydrogen) atoms. The van der Waals surface area contributed by atoms with Crippen molar-refractivity contribution >= 4 is 0 Å². The Kier molecular flexibility index (Phi) is 2.94. The average Bonchev–Trinajstić information content (AvgIpc) is 2.18. The SMILES string of the molecule is CCCc1ccc2c(c1)C(O)CC(C)(C)O2. The highest BCUT2D eigenvalue weighted by Gasteiger charge is 2.32. The lowest BCUT2D eigenvalue weighted by Gasteiger charge is -2.35. The second-order valence-corrected chi connectivity index (χ2v) is 5.20. The van der Waals surface area contributed by atoms with E-state index in [9.17, 15) is 5.11 Å². The molecule has 0 spiro atoms. The monoisotopic (exact) mass is 220 g/mol. The van der Waals surface area contributed by atoms with Crippen molar-refractivity contribution in [1.82, 2.24) is 0 Å². The molecular weight excluding hydrogens is 200 g/mol. The lowest BCUT2D eigenvalue weighted by Crippen LogP contribution is -2.34. The van der Waals surface area contributed by atoms with Crippen molar-refractivity contribution in [3.8, 4) is 5.75 Å². The van der Waals surface area contributed by atoms with Crippen molar-refractivity contribution in [1.29, 1.82) is 0 Å². The summed E-state index contributed by atoms with van der Waals surface area (Å²) in [4.78, 5) is 0. The number of fused-ring (bicyclic) bond motifs is 1. The van der Waals surface area contributed by atoms with Crippen LogP contribution in [-0.4, -0.2) is 10.7 Å². The summed E-state index contributed by atoms with van der Waals surface area (Å²) < 4.78 is 5.86. The molecule has 1 unspecified atom stereocenters. The third-order valence-electron chi connectivity index (χ3n) is 3.04. The Labute approximate surface area is 97.3 Å². The topological polar surface area (TPSA) is 29.5 Å². The quantitative estimate of drug-likeness (QED) is 0.829. The molecule has 0 fully saturated rings. The third kappa shape index (κ3) is 2.22. The van der Waals surface area contributed by atoms with Gasteiger partial charge in [-0.2, -0.15) is 0 Å². The Balaban J connectivity index is 2.33. The predicted molar refractivity (Wildman–Crippen MR) is 64.7 cm³/mol. The number of aryl methyl sites for hydroxylation is 1. The predicted octanol–water partition coefficient (Wildman–Crippen LogP) is 3.23. The first-order valence-corrected chi connectivity index (χ1v) is 6.02. The van der Waals surface area contributed by atoms with Crippen molar-refractivity contribution in [2.45, 2.75) is 51.7 Å². The minimum Gasteiger partial charge on any atom is -0.487 e. The Morgan fingerprint density at radius 1 is 1.44 bits per heavy atom. The smallest absolute Gasteiger partial charge is 0.125 e. The summed E-state index contributed by atoms with van der Waals surface area (Å²) in [7, 11) is 0. The first kappa shape index (κ1) is 11.5. The first-order valence-electron chi connectivity index (χ1n) is 6.02. The van der Waals surface area contributed by atoms with Gasteiger partial charge < -0.3 is 9.84 Å². The molecule has 1 aromatic carbocycles. The molecule has 0 bridgehead atoms. The van der Waals surface area contributed by atoms with Gasteiger partial charge in [0.25, 0.3) is 0 Å². The molecule has 0 radical (unpaired) electrons. The van der Waals surface area contributed by atoms with Crippen molar-refractivity contribution in [3.63, 3.8) is 0 Å². The summed E-state index contributed by atoms with van der Waals surface area (Å²) in [6, 6.07) is 6.17. The highest BCUT2D eigenvalue weighted by Crippen LogP contribution is 2.39. The average molecular weight is 220 g/mol. The van der Waals surface area contributed by atoms with Gasteiger partial charge in [-0.15, -0.1) is 0 Å². The largest absolute Gasteiger partial charge is 0.487 e. The van der Waals surface area contributed by atoms with Crippen LogP contribution in [0.15, 0.2) is 18.2 Å². The van der Waals surface area contributed by atoms with Gasteiger partial charge in [0.15, 0.2) is 0 Å². The zero-order valence-electron chi connectivity index (χ0n) is 10.3. The molecule has 88 valence electrons. The Bertz CT molecular complexity index is 382. The molecule has 1 heterocycles. The second kappa shape index (κ2) is 4.10.